The normalized spacial score (nSPS) is 19.7. The molecule has 2 nitrogen and oxygen atoms in total. The van der Waals surface area contributed by atoms with E-state index in [2.05, 4.69) is 33.8 Å². The van der Waals surface area contributed by atoms with Gasteiger partial charge < -0.3 is 5.73 Å². The zero-order valence-electron chi connectivity index (χ0n) is 9.00. The molecule has 1 fully saturated rings. The summed E-state index contributed by atoms with van der Waals surface area (Å²) in [5, 5.41) is 0. The third-order valence-electron chi connectivity index (χ3n) is 3.06. The first kappa shape index (κ1) is 11.6. The van der Waals surface area contributed by atoms with E-state index in [1.165, 1.54) is 40.2 Å². The third kappa shape index (κ3) is 2.44. The van der Waals surface area contributed by atoms with Gasteiger partial charge in [-0.3, -0.25) is 4.90 Å². The Labute approximate surface area is 104 Å². The van der Waals surface area contributed by atoms with E-state index in [1.54, 1.807) is 0 Å². The van der Waals surface area contributed by atoms with Gasteiger partial charge >= 0.3 is 0 Å². The molecule has 1 aliphatic rings. The van der Waals surface area contributed by atoms with E-state index < -0.39 is 0 Å². The molecule has 1 atom stereocenters. The monoisotopic (exact) mass is 288 g/mol. The molecule has 1 aromatic rings. The van der Waals surface area contributed by atoms with E-state index in [-0.39, 0.29) is 0 Å². The lowest BCUT2D eigenvalue weighted by Crippen LogP contribution is -2.22. The van der Waals surface area contributed by atoms with Gasteiger partial charge in [0.2, 0.25) is 0 Å². The van der Waals surface area contributed by atoms with Crippen molar-refractivity contribution in [1.29, 1.82) is 0 Å². The fraction of sp³-hybridized carbons (Fsp3) is 0.636. The van der Waals surface area contributed by atoms with Crippen molar-refractivity contribution in [3.63, 3.8) is 0 Å². The first-order valence-corrected chi connectivity index (χ1v) is 7.05. The second-order valence-electron chi connectivity index (χ2n) is 4.04. The highest BCUT2D eigenvalue weighted by molar-refractivity contribution is 9.10. The minimum Gasteiger partial charge on any atom is -0.326 e. The Bertz CT molecular complexity index is 331. The lowest BCUT2D eigenvalue weighted by molar-refractivity contribution is 0.266. The van der Waals surface area contributed by atoms with Crippen molar-refractivity contribution in [2.75, 3.05) is 13.1 Å². The predicted octanol–water partition coefficient (Wildman–Crippen LogP) is 3.13. The van der Waals surface area contributed by atoms with Crippen molar-refractivity contribution in [2.45, 2.75) is 32.4 Å². The average Bonchev–Trinajstić information content (AvgIpc) is 2.85. The van der Waals surface area contributed by atoms with Crippen molar-refractivity contribution >= 4 is 27.3 Å². The number of hydrogen-bond donors (Lipinski definition) is 1. The Hall–Kier alpha value is 0.1000. The summed E-state index contributed by atoms with van der Waals surface area (Å²) in [4.78, 5) is 5.25. The van der Waals surface area contributed by atoms with E-state index in [9.17, 15) is 0 Å². The highest BCUT2D eigenvalue weighted by Gasteiger charge is 2.21. The second kappa shape index (κ2) is 4.95. The van der Waals surface area contributed by atoms with Gasteiger partial charge in [0.25, 0.3) is 0 Å². The largest absolute Gasteiger partial charge is 0.326 e. The van der Waals surface area contributed by atoms with Crippen LogP contribution in [0.5, 0.6) is 0 Å². The quantitative estimate of drug-likeness (QED) is 0.926. The Morgan fingerprint density at radius 1 is 1.53 bits per heavy atom. The van der Waals surface area contributed by atoms with Crippen LogP contribution in [-0.2, 0) is 6.54 Å². The highest BCUT2D eigenvalue weighted by atomic mass is 79.9. The van der Waals surface area contributed by atoms with Gasteiger partial charge in [0.05, 0.1) is 0 Å². The first-order chi connectivity index (χ1) is 7.22. The number of likely N-dealkylation sites (tertiary alicyclic amines) is 1. The van der Waals surface area contributed by atoms with Crippen LogP contribution in [0.15, 0.2) is 10.5 Å². The molecule has 0 radical (unpaired) electrons. The molecule has 1 aromatic heterocycles. The van der Waals surface area contributed by atoms with Crippen molar-refractivity contribution in [3.8, 4) is 0 Å². The SMILES string of the molecule is CC(c1cc(Br)c(CN)s1)N1CCCC1. The Morgan fingerprint density at radius 3 is 2.73 bits per heavy atom. The molecule has 4 heteroatoms. The lowest BCUT2D eigenvalue weighted by atomic mass is 10.2. The number of rotatable bonds is 3. The molecule has 1 aliphatic heterocycles. The molecule has 0 aromatic carbocycles. The Balaban J connectivity index is 2.13. The molecule has 0 amide bonds. The van der Waals surface area contributed by atoms with E-state index in [0.717, 1.165) is 0 Å². The molecule has 2 rings (SSSR count). The van der Waals surface area contributed by atoms with Crippen LogP contribution in [-0.4, -0.2) is 18.0 Å². The molecule has 0 saturated carbocycles. The number of nitrogens with zero attached hydrogens (tertiary/aromatic N) is 1. The van der Waals surface area contributed by atoms with Crippen molar-refractivity contribution < 1.29 is 0 Å². The van der Waals surface area contributed by atoms with Crippen LogP contribution in [0.1, 0.15) is 35.6 Å². The molecule has 15 heavy (non-hydrogen) atoms. The smallest absolute Gasteiger partial charge is 0.0413 e. The predicted molar refractivity (Wildman–Crippen MR) is 69.1 cm³/mol. The third-order valence-corrected chi connectivity index (χ3v) is 5.36. The van der Waals surface area contributed by atoms with Crippen molar-refractivity contribution in [1.82, 2.24) is 4.90 Å². The van der Waals surface area contributed by atoms with Crippen LogP contribution in [0.2, 0.25) is 0 Å². The summed E-state index contributed by atoms with van der Waals surface area (Å²) in [5.74, 6) is 0. The Morgan fingerprint density at radius 2 is 2.20 bits per heavy atom. The van der Waals surface area contributed by atoms with Gasteiger partial charge in [0, 0.05) is 26.8 Å². The maximum absolute atomic E-state index is 5.68. The van der Waals surface area contributed by atoms with E-state index in [4.69, 9.17) is 5.73 Å². The standard InChI is InChI=1S/C11H17BrN2S/c1-8(14-4-2-3-5-14)10-6-9(12)11(7-13)15-10/h6,8H,2-5,7,13H2,1H3. The summed E-state index contributed by atoms with van der Waals surface area (Å²) in [6.07, 6.45) is 2.70. The second-order valence-corrected chi connectivity index (χ2v) is 6.07. The van der Waals surface area contributed by atoms with E-state index >= 15 is 0 Å². The fourth-order valence-electron chi connectivity index (χ4n) is 2.08. The van der Waals surface area contributed by atoms with E-state index in [1.807, 2.05) is 11.3 Å². The maximum Gasteiger partial charge on any atom is 0.0413 e. The fourth-order valence-corrected chi connectivity index (χ4v) is 3.90. The van der Waals surface area contributed by atoms with Crippen LogP contribution in [0.3, 0.4) is 0 Å². The van der Waals surface area contributed by atoms with Crippen LogP contribution >= 0.6 is 27.3 Å². The van der Waals surface area contributed by atoms with Gasteiger partial charge in [-0.2, -0.15) is 0 Å². The van der Waals surface area contributed by atoms with Crippen molar-refractivity contribution in [2.24, 2.45) is 5.73 Å². The van der Waals surface area contributed by atoms with Crippen molar-refractivity contribution in [3.05, 3.63) is 20.3 Å². The van der Waals surface area contributed by atoms with Crippen LogP contribution in [0.25, 0.3) is 0 Å². The molecule has 84 valence electrons. The van der Waals surface area contributed by atoms with Gasteiger partial charge in [-0.05, 0) is 54.9 Å². The maximum atomic E-state index is 5.68. The number of thiophene rings is 1. The van der Waals surface area contributed by atoms with Crippen LogP contribution in [0, 0.1) is 0 Å². The summed E-state index contributed by atoms with van der Waals surface area (Å²) in [7, 11) is 0. The van der Waals surface area contributed by atoms with Gasteiger partial charge in [-0.25, -0.2) is 0 Å². The summed E-state index contributed by atoms with van der Waals surface area (Å²) < 4.78 is 1.18. The molecule has 1 saturated heterocycles. The summed E-state index contributed by atoms with van der Waals surface area (Å²) in [6.45, 7) is 5.42. The molecule has 1 unspecified atom stereocenters. The molecular weight excluding hydrogens is 272 g/mol. The molecule has 0 bridgehead atoms. The highest BCUT2D eigenvalue weighted by Crippen LogP contribution is 2.34. The topological polar surface area (TPSA) is 29.3 Å². The molecule has 0 aliphatic carbocycles. The number of hydrogen-bond acceptors (Lipinski definition) is 3. The zero-order valence-corrected chi connectivity index (χ0v) is 11.4. The minimum atomic E-state index is 0.550. The summed E-state index contributed by atoms with van der Waals surface area (Å²) >= 11 is 5.41. The van der Waals surface area contributed by atoms with Gasteiger partial charge in [-0.1, -0.05) is 0 Å². The summed E-state index contributed by atoms with van der Waals surface area (Å²) in [6, 6.07) is 2.78. The molecule has 2 N–H and O–H groups in total. The zero-order chi connectivity index (χ0) is 10.8. The molecule has 2 heterocycles. The number of nitrogens with two attached hydrogens (primary N) is 1. The minimum absolute atomic E-state index is 0.550. The van der Waals surface area contributed by atoms with Crippen LogP contribution < -0.4 is 5.73 Å². The molecule has 0 spiro atoms. The first-order valence-electron chi connectivity index (χ1n) is 5.44. The van der Waals surface area contributed by atoms with Gasteiger partial charge in [0.1, 0.15) is 0 Å². The lowest BCUT2D eigenvalue weighted by Gasteiger charge is -2.22. The van der Waals surface area contributed by atoms with Gasteiger partial charge in [-0.15, -0.1) is 11.3 Å². The average molecular weight is 289 g/mol. The number of halogens is 1. The van der Waals surface area contributed by atoms with Crippen LogP contribution in [0.4, 0.5) is 0 Å². The van der Waals surface area contributed by atoms with Gasteiger partial charge in [0.15, 0.2) is 0 Å². The Kier molecular flexibility index (Phi) is 3.83. The molecular formula is C11H17BrN2S. The van der Waals surface area contributed by atoms with E-state index in [0.29, 0.717) is 12.6 Å². The summed E-state index contributed by atoms with van der Waals surface area (Å²) in [5.41, 5.74) is 5.68.